The van der Waals surface area contributed by atoms with Crippen molar-refractivity contribution in [3.05, 3.63) is 12.7 Å². The summed E-state index contributed by atoms with van der Waals surface area (Å²) >= 11 is 0. The van der Waals surface area contributed by atoms with Crippen LogP contribution < -0.4 is 0 Å². The second-order valence-corrected chi connectivity index (χ2v) is 9.39. The van der Waals surface area contributed by atoms with E-state index in [1.807, 2.05) is 0 Å². The van der Waals surface area contributed by atoms with Crippen molar-refractivity contribution < 1.29 is 33.6 Å². The Kier molecular flexibility index (Phi) is 18.8. The van der Waals surface area contributed by atoms with E-state index in [-0.39, 0.29) is 19.2 Å². The molecule has 4 atom stereocenters. The largest absolute Gasteiger partial charge is 0.457 e. The monoisotopic (exact) mass is 474 g/mol. The van der Waals surface area contributed by atoms with E-state index in [1.54, 1.807) is 26.8 Å². The molecule has 196 valence electrons. The summed E-state index contributed by atoms with van der Waals surface area (Å²) in [7, 11) is 0. The first-order chi connectivity index (χ1) is 15.7. The zero-order valence-electron chi connectivity index (χ0n) is 22.0. The topological polar surface area (TPSA) is 83.5 Å². The molecule has 2 unspecified atom stereocenters. The second-order valence-electron chi connectivity index (χ2n) is 9.39. The number of ether oxygens (including phenoxy) is 5. The highest BCUT2D eigenvalue weighted by Gasteiger charge is 2.40. The van der Waals surface area contributed by atoms with Crippen molar-refractivity contribution in [2.75, 3.05) is 39.6 Å². The average molecular weight is 475 g/mol. The molecule has 1 N–H and O–H groups in total. The Hall–Kier alpha value is -0.990. The molecule has 0 fully saturated rings. The van der Waals surface area contributed by atoms with Crippen molar-refractivity contribution in [3.63, 3.8) is 0 Å². The Balaban J connectivity index is 5.78. The van der Waals surface area contributed by atoms with Crippen LogP contribution in [0, 0.1) is 5.41 Å². The summed E-state index contributed by atoms with van der Waals surface area (Å²) in [6.45, 7) is 17.4. The first-order valence-corrected chi connectivity index (χ1v) is 12.6. The number of aliphatic hydroxyl groups is 1. The molecule has 0 rings (SSSR count). The fraction of sp³-hybridized carbons (Fsp3) is 0.885. The second kappa shape index (κ2) is 19.3. The number of carbonyl (C=O) groups excluding carboxylic acids is 1. The quantitative estimate of drug-likeness (QED) is 0.147. The number of rotatable bonds is 21. The molecule has 0 aromatic heterocycles. The van der Waals surface area contributed by atoms with Gasteiger partial charge in [-0.05, 0) is 40.0 Å². The van der Waals surface area contributed by atoms with E-state index < -0.39 is 29.8 Å². The summed E-state index contributed by atoms with van der Waals surface area (Å²) in [4.78, 5) is 12.8. The predicted molar refractivity (Wildman–Crippen MR) is 131 cm³/mol. The number of hydrogen-bond donors (Lipinski definition) is 1. The van der Waals surface area contributed by atoms with Gasteiger partial charge in [-0.15, -0.1) is 6.58 Å². The molecule has 33 heavy (non-hydrogen) atoms. The van der Waals surface area contributed by atoms with Gasteiger partial charge in [-0.3, -0.25) is 4.79 Å². The van der Waals surface area contributed by atoms with Crippen molar-refractivity contribution in [2.45, 2.75) is 104 Å². The maximum absolute atomic E-state index is 12.8. The normalized spacial score (nSPS) is 15.6. The summed E-state index contributed by atoms with van der Waals surface area (Å²) in [6.07, 6.45) is 4.09. The summed E-state index contributed by atoms with van der Waals surface area (Å²) in [6, 6.07) is 0. The van der Waals surface area contributed by atoms with Crippen molar-refractivity contribution in [1.29, 1.82) is 0 Å². The third kappa shape index (κ3) is 14.8. The maximum atomic E-state index is 12.8. The molecule has 0 aliphatic carbocycles. The number of esters is 1. The summed E-state index contributed by atoms with van der Waals surface area (Å²) in [5.74, 6) is -0.361. The van der Waals surface area contributed by atoms with E-state index in [0.29, 0.717) is 26.4 Å². The van der Waals surface area contributed by atoms with Crippen LogP contribution in [0.15, 0.2) is 12.7 Å². The smallest absolute Gasteiger partial charge is 0.311 e. The van der Waals surface area contributed by atoms with Gasteiger partial charge in [-0.1, -0.05) is 46.1 Å². The minimum Gasteiger partial charge on any atom is -0.457 e. The molecule has 0 heterocycles. The Labute approximate surface area is 202 Å². The standard InChI is InChI=1S/C26H50O7/c1-8-12-16-30-19-21(27)23(31-17-13-9-2)24(32-18-14-10-3)22(20-29-15-11-4)33-25(28)26(5,6)7/h11,21-24,27H,4,8-10,12-20H2,1-3,5-7H3/t21?,22?,23-,24-/m1/s1. The number of carbonyl (C=O) groups is 1. The number of aliphatic hydroxyl groups excluding tert-OH is 1. The number of unbranched alkanes of at least 4 members (excludes halogenated alkanes) is 3. The lowest BCUT2D eigenvalue weighted by atomic mass is 9.96. The minimum absolute atomic E-state index is 0.113. The van der Waals surface area contributed by atoms with Gasteiger partial charge in [0, 0.05) is 19.8 Å². The minimum atomic E-state index is -0.930. The van der Waals surface area contributed by atoms with Gasteiger partial charge in [-0.25, -0.2) is 0 Å². The molecule has 7 heteroatoms. The lowest BCUT2D eigenvalue weighted by molar-refractivity contribution is -0.198. The maximum Gasteiger partial charge on any atom is 0.311 e. The lowest BCUT2D eigenvalue weighted by Crippen LogP contribution is -2.53. The molecule has 0 aromatic carbocycles. The first-order valence-electron chi connectivity index (χ1n) is 12.6. The molecule has 0 aromatic rings. The van der Waals surface area contributed by atoms with Gasteiger partial charge in [0.05, 0.1) is 25.2 Å². The van der Waals surface area contributed by atoms with Gasteiger partial charge in [0.2, 0.25) is 0 Å². The zero-order valence-corrected chi connectivity index (χ0v) is 22.0. The van der Waals surface area contributed by atoms with Crippen LogP contribution in [0.5, 0.6) is 0 Å². The molecule has 0 spiro atoms. The van der Waals surface area contributed by atoms with Crippen molar-refractivity contribution in [2.24, 2.45) is 5.41 Å². The molecule has 0 radical (unpaired) electrons. The highest BCUT2D eigenvalue weighted by molar-refractivity contribution is 5.75. The molecule has 0 aliphatic rings. The van der Waals surface area contributed by atoms with Crippen LogP contribution in [0.1, 0.15) is 80.1 Å². The molecule has 0 saturated heterocycles. The van der Waals surface area contributed by atoms with Crippen LogP contribution in [0.2, 0.25) is 0 Å². The SMILES string of the molecule is C=CCOCC(OC(=O)C(C)(C)C)[C@@H](OCCCC)[C@H](OCCCC)C(O)COCCCC. The van der Waals surface area contributed by atoms with Crippen molar-refractivity contribution >= 4 is 5.97 Å². The third-order valence-corrected chi connectivity index (χ3v) is 5.01. The zero-order chi connectivity index (χ0) is 25.1. The van der Waals surface area contributed by atoms with Gasteiger partial charge in [-0.2, -0.15) is 0 Å². The van der Waals surface area contributed by atoms with Gasteiger partial charge in [0.15, 0.2) is 6.10 Å². The molecular formula is C26H50O7. The van der Waals surface area contributed by atoms with Gasteiger partial charge in [0.25, 0.3) is 0 Å². The Morgan fingerprint density at radius 2 is 1.42 bits per heavy atom. The van der Waals surface area contributed by atoms with E-state index in [9.17, 15) is 9.90 Å². The fourth-order valence-corrected chi connectivity index (χ4v) is 2.89. The van der Waals surface area contributed by atoms with Crippen LogP contribution in [0.3, 0.4) is 0 Å². The predicted octanol–water partition coefficient (Wildman–Crippen LogP) is 4.70. The van der Waals surface area contributed by atoms with E-state index in [4.69, 9.17) is 23.7 Å². The molecule has 0 aliphatic heterocycles. The third-order valence-electron chi connectivity index (χ3n) is 5.01. The van der Waals surface area contributed by atoms with Crippen LogP contribution >= 0.6 is 0 Å². The summed E-state index contributed by atoms with van der Waals surface area (Å²) in [5, 5.41) is 11.0. The lowest BCUT2D eigenvalue weighted by Gasteiger charge is -2.36. The van der Waals surface area contributed by atoms with Gasteiger partial charge < -0.3 is 28.8 Å². The van der Waals surface area contributed by atoms with Crippen molar-refractivity contribution in [1.82, 2.24) is 0 Å². The first kappa shape index (κ1) is 32.0. The summed E-state index contributed by atoms with van der Waals surface area (Å²) in [5.41, 5.74) is -0.689. The fourth-order valence-electron chi connectivity index (χ4n) is 2.89. The van der Waals surface area contributed by atoms with E-state index >= 15 is 0 Å². The average Bonchev–Trinajstić information content (AvgIpc) is 2.76. The summed E-state index contributed by atoms with van der Waals surface area (Å²) < 4.78 is 29.6. The van der Waals surface area contributed by atoms with Crippen molar-refractivity contribution in [3.8, 4) is 0 Å². The molecule has 0 bridgehead atoms. The highest BCUT2D eigenvalue weighted by atomic mass is 16.6. The highest BCUT2D eigenvalue weighted by Crippen LogP contribution is 2.23. The van der Waals surface area contributed by atoms with Crippen LogP contribution in [0.4, 0.5) is 0 Å². The van der Waals surface area contributed by atoms with Gasteiger partial charge >= 0.3 is 5.97 Å². The van der Waals surface area contributed by atoms with Crippen LogP contribution in [-0.4, -0.2) is 75.1 Å². The van der Waals surface area contributed by atoms with E-state index in [1.165, 1.54) is 0 Å². The Morgan fingerprint density at radius 3 is 1.94 bits per heavy atom. The van der Waals surface area contributed by atoms with Crippen LogP contribution in [0.25, 0.3) is 0 Å². The van der Waals surface area contributed by atoms with Gasteiger partial charge in [0.1, 0.15) is 18.3 Å². The van der Waals surface area contributed by atoms with E-state index in [2.05, 4.69) is 27.4 Å². The molecule has 0 saturated carbocycles. The van der Waals surface area contributed by atoms with E-state index in [0.717, 1.165) is 38.5 Å². The Bertz CT molecular complexity index is 490. The Morgan fingerprint density at radius 1 is 0.879 bits per heavy atom. The molecular weight excluding hydrogens is 424 g/mol. The molecule has 7 nitrogen and oxygen atoms in total. The molecule has 0 amide bonds. The number of hydrogen-bond acceptors (Lipinski definition) is 7. The van der Waals surface area contributed by atoms with Crippen LogP contribution in [-0.2, 0) is 28.5 Å².